The van der Waals surface area contributed by atoms with E-state index in [4.69, 9.17) is 0 Å². The highest BCUT2D eigenvalue weighted by Gasteiger charge is 2.21. The summed E-state index contributed by atoms with van der Waals surface area (Å²) in [6.07, 6.45) is 6.97. The summed E-state index contributed by atoms with van der Waals surface area (Å²) in [4.78, 5) is 14.5. The van der Waals surface area contributed by atoms with Crippen LogP contribution >= 0.6 is 0 Å². The summed E-state index contributed by atoms with van der Waals surface area (Å²) in [5.74, 6) is 0.818. The minimum Gasteiger partial charge on any atom is -0.339 e. The van der Waals surface area contributed by atoms with Gasteiger partial charge >= 0.3 is 0 Å². The molecule has 1 amide bonds. The van der Waals surface area contributed by atoms with Crippen LogP contribution < -0.4 is 0 Å². The average molecular weight is 362 g/mol. The molecule has 0 bridgehead atoms. The van der Waals surface area contributed by atoms with Crippen molar-refractivity contribution in [3.8, 4) is 0 Å². The van der Waals surface area contributed by atoms with Gasteiger partial charge < -0.3 is 4.90 Å². The zero-order valence-corrected chi connectivity index (χ0v) is 16.8. The van der Waals surface area contributed by atoms with Crippen LogP contribution in [-0.4, -0.2) is 23.9 Å². The number of rotatable bonds is 4. The van der Waals surface area contributed by atoms with E-state index in [0.717, 1.165) is 37.9 Å². The first-order chi connectivity index (χ1) is 12.9. The van der Waals surface area contributed by atoms with E-state index in [1.165, 1.54) is 11.1 Å². The maximum Gasteiger partial charge on any atom is 0.246 e. The van der Waals surface area contributed by atoms with E-state index >= 15 is 0 Å². The van der Waals surface area contributed by atoms with Gasteiger partial charge in [0.05, 0.1) is 0 Å². The fourth-order valence-corrected chi connectivity index (χ4v) is 3.67. The molecule has 1 saturated heterocycles. The maximum atomic E-state index is 12.5. The normalized spacial score (nSPS) is 16.0. The van der Waals surface area contributed by atoms with Crippen molar-refractivity contribution < 1.29 is 4.79 Å². The SMILES string of the molecule is CC(C)(C)c1ccc(C=CC(=O)N2CCC(Cc3ccccc3)CC2)cc1. The minimum absolute atomic E-state index is 0.132. The molecule has 0 spiro atoms. The van der Waals surface area contributed by atoms with Crippen LogP contribution in [0.15, 0.2) is 60.7 Å². The number of carbonyl (C=O) groups is 1. The molecular weight excluding hydrogens is 330 g/mol. The standard InChI is InChI=1S/C25H31NO/c1-25(2,3)23-12-9-20(10-13-23)11-14-24(27)26-17-15-22(16-18-26)19-21-7-5-4-6-8-21/h4-14,22H,15-19H2,1-3H3. The van der Waals surface area contributed by atoms with Crippen LogP contribution in [0.1, 0.15) is 50.3 Å². The highest BCUT2D eigenvalue weighted by Crippen LogP contribution is 2.23. The van der Waals surface area contributed by atoms with E-state index in [-0.39, 0.29) is 11.3 Å². The predicted octanol–water partition coefficient (Wildman–Crippen LogP) is 5.48. The van der Waals surface area contributed by atoms with Gasteiger partial charge in [-0.15, -0.1) is 0 Å². The molecule has 0 unspecified atom stereocenters. The maximum absolute atomic E-state index is 12.5. The van der Waals surface area contributed by atoms with Crippen molar-refractivity contribution in [1.29, 1.82) is 0 Å². The summed E-state index contributed by atoms with van der Waals surface area (Å²) >= 11 is 0. The Hall–Kier alpha value is -2.35. The Morgan fingerprint density at radius 3 is 2.22 bits per heavy atom. The molecule has 2 heteroatoms. The van der Waals surface area contributed by atoms with Crippen molar-refractivity contribution in [2.45, 2.75) is 45.4 Å². The summed E-state index contributed by atoms with van der Waals surface area (Å²) in [6, 6.07) is 19.2. The summed E-state index contributed by atoms with van der Waals surface area (Å²) < 4.78 is 0. The third kappa shape index (κ3) is 5.56. The fraction of sp³-hybridized carbons (Fsp3) is 0.400. The van der Waals surface area contributed by atoms with Crippen LogP contribution in [0.4, 0.5) is 0 Å². The first-order valence-corrected chi connectivity index (χ1v) is 10.0. The molecule has 3 rings (SSSR count). The number of carbonyl (C=O) groups excluding carboxylic acids is 1. The molecule has 0 N–H and O–H groups in total. The quantitative estimate of drug-likeness (QED) is 0.661. The van der Waals surface area contributed by atoms with Gasteiger partial charge in [-0.25, -0.2) is 0 Å². The van der Waals surface area contributed by atoms with E-state index in [0.29, 0.717) is 5.92 Å². The van der Waals surface area contributed by atoms with Crippen molar-refractivity contribution in [3.63, 3.8) is 0 Å². The number of amides is 1. The summed E-state index contributed by atoms with van der Waals surface area (Å²) in [5, 5.41) is 0. The molecule has 27 heavy (non-hydrogen) atoms. The number of piperidine rings is 1. The lowest BCUT2D eigenvalue weighted by molar-refractivity contribution is -0.127. The van der Waals surface area contributed by atoms with Gasteiger partial charge in [0.15, 0.2) is 0 Å². The summed E-state index contributed by atoms with van der Waals surface area (Å²) in [5.41, 5.74) is 3.95. The molecule has 1 heterocycles. The third-order valence-electron chi connectivity index (χ3n) is 5.49. The van der Waals surface area contributed by atoms with E-state index < -0.39 is 0 Å². The Bertz CT molecular complexity index is 760. The molecule has 142 valence electrons. The first-order valence-electron chi connectivity index (χ1n) is 10.0. The Balaban J connectivity index is 1.50. The monoisotopic (exact) mass is 361 g/mol. The Kier molecular flexibility index (Phi) is 6.15. The van der Waals surface area contributed by atoms with E-state index in [1.807, 2.05) is 11.0 Å². The van der Waals surface area contributed by atoms with Gasteiger partial charge in [-0.1, -0.05) is 75.4 Å². The second kappa shape index (κ2) is 8.56. The van der Waals surface area contributed by atoms with Crippen molar-refractivity contribution >= 4 is 12.0 Å². The fourth-order valence-electron chi connectivity index (χ4n) is 3.67. The van der Waals surface area contributed by atoms with Crippen LogP contribution in [-0.2, 0) is 16.6 Å². The highest BCUT2D eigenvalue weighted by molar-refractivity contribution is 5.91. The second-order valence-corrected chi connectivity index (χ2v) is 8.66. The van der Waals surface area contributed by atoms with Gasteiger partial charge in [-0.3, -0.25) is 4.79 Å². The van der Waals surface area contributed by atoms with Crippen LogP contribution in [0.3, 0.4) is 0 Å². The van der Waals surface area contributed by atoms with Gasteiger partial charge in [0, 0.05) is 19.2 Å². The van der Waals surface area contributed by atoms with E-state index in [2.05, 4.69) is 75.4 Å². The topological polar surface area (TPSA) is 20.3 Å². The number of hydrogen-bond acceptors (Lipinski definition) is 1. The van der Waals surface area contributed by atoms with Crippen molar-refractivity contribution in [2.24, 2.45) is 5.92 Å². The zero-order chi connectivity index (χ0) is 19.3. The molecule has 0 aromatic heterocycles. The smallest absolute Gasteiger partial charge is 0.246 e. The number of benzene rings is 2. The Morgan fingerprint density at radius 1 is 1.00 bits per heavy atom. The van der Waals surface area contributed by atoms with Gasteiger partial charge in [-0.05, 0) is 53.4 Å². The Labute approximate surface area is 163 Å². The molecule has 1 aliphatic heterocycles. The average Bonchev–Trinajstić information content (AvgIpc) is 2.67. The van der Waals surface area contributed by atoms with Crippen LogP contribution in [0, 0.1) is 5.92 Å². The molecule has 1 fully saturated rings. The second-order valence-electron chi connectivity index (χ2n) is 8.66. The third-order valence-corrected chi connectivity index (χ3v) is 5.49. The van der Waals surface area contributed by atoms with Gasteiger partial charge in [0.1, 0.15) is 0 Å². The van der Waals surface area contributed by atoms with Gasteiger partial charge in [0.2, 0.25) is 5.91 Å². The van der Waals surface area contributed by atoms with E-state index in [1.54, 1.807) is 6.08 Å². The molecule has 0 saturated carbocycles. The summed E-state index contributed by atoms with van der Waals surface area (Å²) in [6.45, 7) is 8.36. The minimum atomic E-state index is 0.132. The molecule has 2 nitrogen and oxygen atoms in total. The molecule has 0 atom stereocenters. The van der Waals surface area contributed by atoms with Gasteiger partial charge in [-0.2, -0.15) is 0 Å². The first kappa shape index (κ1) is 19.4. The molecule has 1 aliphatic rings. The van der Waals surface area contributed by atoms with E-state index in [9.17, 15) is 4.79 Å². The lowest BCUT2D eigenvalue weighted by atomic mass is 9.87. The predicted molar refractivity (Wildman–Crippen MR) is 114 cm³/mol. The van der Waals surface area contributed by atoms with Crippen molar-refractivity contribution in [2.75, 3.05) is 13.1 Å². The number of nitrogens with zero attached hydrogens (tertiary/aromatic N) is 1. The number of hydrogen-bond donors (Lipinski definition) is 0. The van der Waals surface area contributed by atoms with Crippen molar-refractivity contribution in [3.05, 3.63) is 77.4 Å². The van der Waals surface area contributed by atoms with Crippen molar-refractivity contribution in [1.82, 2.24) is 4.90 Å². The van der Waals surface area contributed by atoms with Crippen LogP contribution in [0.2, 0.25) is 0 Å². The van der Waals surface area contributed by atoms with Crippen LogP contribution in [0.25, 0.3) is 6.08 Å². The molecule has 2 aromatic rings. The summed E-state index contributed by atoms with van der Waals surface area (Å²) in [7, 11) is 0. The number of likely N-dealkylation sites (tertiary alicyclic amines) is 1. The Morgan fingerprint density at radius 2 is 1.63 bits per heavy atom. The molecule has 0 aliphatic carbocycles. The highest BCUT2D eigenvalue weighted by atomic mass is 16.2. The lowest BCUT2D eigenvalue weighted by Crippen LogP contribution is -2.37. The zero-order valence-electron chi connectivity index (χ0n) is 16.8. The molecular formula is C25H31NO. The lowest BCUT2D eigenvalue weighted by Gasteiger charge is -2.31. The molecule has 2 aromatic carbocycles. The van der Waals surface area contributed by atoms with Gasteiger partial charge in [0.25, 0.3) is 0 Å². The largest absolute Gasteiger partial charge is 0.339 e. The van der Waals surface area contributed by atoms with Crippen LogP contribution in [0.5, 0.6) is 0 Å². The molecule has 0 radical (unpaired) electrons.